The molecule has 1 atom stereocenters. The minimum Gasteiger partial charge on any atom is -0.314 e. The first-order valence-corrected chi connectivity index (χ1v) is 5.83. The number of nitrogens with one attached hydrogen (secondary N) is 1. The van der Waals surface area contributed by atoms with E-state index in [-0.39, 0.29) is 0 Å². The van der Waals surface area contributed by atoms with Crippen LogP contribution < -0.4 is 5.32 Å². The first kappa shape index (κ1) is 14.0. The van der Waals surface area contributed by atoms with Gasteiger partial charge in [0, 0.05) is 6.04 Å². The molecule has 0 bridgehead atoms. The van der Waals surface area contributed by atoms with Gasteiger partial charge in [0.15, 0.2) is 0 Å². The molecule has 0 fully saturated rings. The highest BCUT2D eigenvalue weighted by Crippen LogP contribution is 2.29. The van der Waals surface area contributed by atoms with Crippen LogP contribution in [-0.2, 0) is 12.6 Å². The molecule has 0 aliphatic rings. The van der Waals surface area contributed by atoms with Gasteiger partial charge in [-0.3, -0.25) is 0 Å². The lowest BCUT2D eigenvalue weighted by atomic mass is 10.1. The summed E-state index contributed by atoms with van der Waals surface area (Å²) >= 11 is 0. The van der Waals surface area contributed by atoms with Crippen molar-refractivity contribution in [2.45, 2.75) is 38.9 Å². The SMILES string of the molecule is CCC(C)NCCc1cccc(C(F)(F)F)c1. The standard InChI is InChI=1S/C13H18F3N/c1-3-10(2)17-8-7-11-5-4-6-12(9-11)13(14,15)16/h4-6,9-10,17H,3,7-8H2,1-2H3. The minimum atomic E-state index is -4.25. The van der Waals surface area contributed by atoms with Crippen LogP contribution in [0.1, 0.15) is 31.4 Å². The van der Waals surface area contributed by atoms with Gasteiger partial charge in [-0.1, -0.05) is 25.1 Å². The van der Waals surface area contributed by atoms with E-state index in [4.69, 9.17) is 0 Å². The average molecular weight is 245 g/mol. The van der Waals surface area contributed by atoms with Crippen LogP contribution in [0.15, 0.2) is 24.3 Å². The Hall–Kier alpha value is -1.03. The summed E-state index contributed by atoms with van der Waals surface area (Å²) in [5, 5.41) is 3.26. The predicted molar refractivity (Wildman–Crippen MR) is 62.9 cm³/mol. The maximum Gasteiger partial charge on any atom is 0.416 e. The Balaban J connectivity index is 2.55. The molecular formula is C13H18F3N. The molecular weight excluding hydrogens is 227 g/mol. The van der Waals surface area contributed by atoms with Crippen LogP contribution in [0.3, 0.4) is 0 Å². The predicted octanol–water partition coefficient (Wildman–Crippen LogP) is 3.64. The monoisotopic (exact) mass is 245 g/mol. The summed E-state index contributed by atoms with van der Waals surface area (Å²) in [5.41, 5.74) is 0.147. The van der Waals surface area contributed by atoms with Crippen molar-refractivity contribution >= 4 is 0 Å². The number of alkyl halides is 3. The fourth-order valence-corrected chi connectivity index (χ4v) is 1.51. The van der Waals surface area contributed by atoms with Crippen LogP contribution in [0.2, 0.25) is 0 Å². The number of hydrogen-bond donors (Lipinski definition) is 1. The lowest BCUT2D eigenvalue weighted by Crippen LogP contribution is -2.27. The average Bonchev–Trinajstić information content (AvgIpc) is 2.28. The van der Waals surface area contributed by atoms with Crippen molar-refractivity contribution in [2.75, 3.05) is 6.54 Å². The number of halogens is 3. The van der Waals surface area contributed by atoms with Crippen LogP contribution in [0.25, 0.3) is 0 Å². The van der Waals surface area contributed by atoms with Crippen molar-refractivity contribution in [1.82, 2.24) is 5.32 Å². The largest absolute Gasteiger partial charge is 0.416 e. The molecule has 0 radical (unpaired) electrons. The summed E-state index contributed by atoms with van der Waals surface area (Å²) in [6.07, 6.45) is -2.61. The normalized spacial score (nSPS) is 13.7. The lowest BCUT2D eigenvalue weighted by molar-refractivity contribution is -0.137. The Morgan fingerprint density at radius 1 is 1.29 bits per heavy atom. The molecule has 0 aliphatic heterocycles. The molecule has 96 valence electrons. The Morgan fingerprint density at radius 3 is 2.59 bits per heavy atom. The van der Waals surface area contributed by atoms with E-state index < -0.39 is 11.7 Å². The minimum absolute atomic E-state index is 0.404. The smallest absolute Gasteiger partial charge is 0.314 e. The van der Waals surface area contributed by atoms with Crippen molar-refractivity contribution in [3.8, 4) is 0 Å². The van der Waals surface area contributed by atoms with E-state index in [1.807, 2.05) is 0 Å². The third-order valence-electron chi connectivity index (χ3n) is 2.77. The van der Waals surface area contributed by atoms with Gasteiger partial charge < -0.3 is 5.32 Å². The van der Waals surface area contributed by atoms with Crippen LogP contribution in [0, 0.1) is 0 Å². The fourth-order valence-electron chi connectivity index (χ4n) is 1.51. The fraction of sp³-hybridized carbons (Fsp3) is 0.538. The highest BCUT2D eigenvalue weighted by atomic mass is 19.4. The van der Waals surface area contributed by atoms with Crippen molar-refractivity contribution < 1.29 is 13.2 Å². The highest BCUT2D eigenvalue weighted by Gasteiger charge is 2.30. The van der Waals surface area contributed by atoms with E-state index in [9.17, 15) is 13.2 Å². The van der Waals surface area contributed by atoms with E-state index in [1.54, 1.807) is 6.07 Å². The maximum absolute atomic E-state index is 12.5. The molecule has 1 unspecified atom stereocenters. The quantitative estimate of drug-likeness (QED) is 0.835. The van der Waals surface area contributed by atoms with Gasteiger partial charge in [-0.2, -0.15) is 13.2 Å². The molecule has 0 aliphatic carbocycles. The van der Waals surface area contributed by atoms with Gasteiger partial charge in [-0.05, 0) is 37.9 Å². The highest BCUT2D eigenvalue weighted by molar-refractivity contribution is 5.25. The van der Waals surface area contributed by atoms with Crippen molar-refractivity contribution in [2.24, 2.45) is 0 Å². The van der Waals surface area contributed by atoms with Gasteiger partial charge >= 0.3 is 6.18 Å². The third-order valence-corrected chi connectivity index (χ3v) is 2.77. The Kier molecular flexibility index (Phi) is 5.00. The first-order chi connectivity index (χ1) is 7.93. The molecule has 0 aromatic heterocycles. The molecule has 0 saturated carbocycles. The Morgan fingerprint density at radius 2 is 2.00 bits per heavy atom. The number of hydrogen-bond acceptors (Lipinski definition) is 1. The van der Waals surface area contributed by atoms with Gasteiger partial charge in [0.2, 0.25) is 0 Å². The molecule has 0 heterocycles. The maximum atomic E-state index is 12.5. The topological polar surface area (TPSA) is 12.0 Å². The zero-order valence-electron chi connectivity index (χ0n) is 10.1. The second-order valence-corrected chi connectivity index (χ2v) is 4.21. The summed E-state index contributed by atoms with van der Waals surface area (Å²) in [6, 6.07) is 5.92. The van der Waals surface area contributed by atoms with E-state index in [1.165, 1.54) is 12.1 Å². The van der Waals surface area contributed by atoms with Crippen LogP contribution in [-0.4, -0.2) is 12.6 Å². The molecule has 1 rings (SSSR count). The van der Waals surface area contributed by atoms with Crippen LogP contribution >= 0.6 is 0 Å². The molecule has 1 nitrogen and oxygen atoms in total. The van der Waals surface area contributed by atoms with E-state index in [0.29, 0.717) is 19.0 Å². The third kappa shape index (κ3) is 4.77. The van der Waals surface area contributed by atoms with E-state index in [2.05, 4.69) is 19.2 Å². The van der Waals surface area contributed by atoms with Crippen molar-refractivity contribution in [3.63, 3.8) is 0 Å². The zero-order chi connectivity index (χ0) is 12.9. The summed E-state index contributed by atoms with van der Waals surface area (Å²) in [6.45, 7) is 4.84. The molecule has 17 heavy (non-hydrogen) atoms. The molecule has 0 spiro atoms. The van der Waals surface area contributed by atoms with E-state index >= 15 is 0 Å². The number of rotatable bonds is 5. The first-order valence-electron chi connectivity index (χ1n) is 5.83. The second-order valence-electron chi connectivity index (χ2n) is 4.21. The van der Waals surface area contributed by atoms with Crippen molar-refractivity contribution in [1.29, 1.82) is 0 Å². The second kappa shape index (κ2) is 6.05. The van der Waals surface area contributed by atoms with Gasteiger partial charge in [0.05, 0.1) is 5.56 Å². The number of benzene rings is 1. The summed E-state index contributed by atoms with van der Waals surface area (Å²) in [4.78, 5) is 0. The van der Waals surface area contributed by atoms with Gasteiger partial charge in [0.1, 0.15) is 0 Å². The Bertz CT molecular complexity index is 347. The summed E-state index contributed by atoms with van der Waals surface area (Å²) in [5.74, 6) is 0. The zero-order valence-corrected chi connectivity index (χ0v) is 10.1. The molecule has 1 aromatic rings. The van der Waals surface area contributed by atoms with Gasteiger partial charge in [-0.15, -0.1) is 0 Å². The summed E-state index contributed by atoms with van der Waals surface area (Å²) in [7, 11) is 0. The molecule has 4 heteroatoms. The van der Waals surface area contributed by atoms with Gasteiger partial charge in [-0.25, -0.2) is 0 Å². The van der Waals surface area contributed by atoms with Gasteiger partial charge in [0.25, 0.3) is 0 Å². The van der Waals surface area contributed by atoms with Crippen molar-refractivity contribution in [3.05, 3.63) is 35.4 Å². The molecule has 1 N–H and O–H groups in total. The molecule has 0 saturated heterocycles. The van der Waals surface area contributed by atoms with E-state index in [0.717, 1.165) is 18.1 Å². The molecule has 1 aromatic carbocycles. The summed E-state index contributed by atoms with van der Waals surface area (Å²) < 4.78 is 37.4. The Labute approximate surface area is 100 Å². The lowest BCUT2D eigenvalue weighted by Gasteiger charge is -2.12. The van der Waals surface area contributed by atoms with Crippen LogP contribution in [0.5, 0.6) is 0 Å². The molecule has 0 amide bonds. The van der Waals surface area contributed by atoms with Crippen LogP contribution in [0.4, 0.5) is 13.2 Å².